The van der Waals surface area contributed by atoms with Crippen LogP contribution in [0.3, 0.4) is 0 Å². The molecular weight excluding hydrogens is 510 g/mol. The zero-order valence-corrected chi connectivity index (χ0v) is 27.7. The van der Waals surface area contributed by atoms with Crippen molar-refractivity contribution in [3.8, 4) is 0 Å². The lowest BCUT2D eigenvalue weighted by Crippen LogP contribution is -2.35. The summed E-state index contributed by atoms with van der Waals surface area (Å²) in [5.74, 6) is 0. The summed E-state index contributed by atoms with van der Waals surface area (Å²) in [5.41, 5.74) is 0. The predicted molar refractivity (Wildman–Crippen MR) is 149 cm³/mol. The highest BCUT2D eigenvalue weighted by Crippen LogP contribution is 2.59. The van der Waals surface area contributed by atoms with Gasteiger partial charge in [0.25, 0.3) is 0 Å². The first kappa shape index (κ1) is 33.7. The lowest BCUT2D eigenvalue weighted by Gasteiger charge is -2.37. The van der Waals surface area contributed by atoms with Crippen LogP contribution in [0.1, 0.15) is 71.1 Å². The van der Waals surface area contributed by atoms with Crippen molar-refractivity contribution in [2.75, 3.05) is 6.61 Å². The molecule has 200 valence electrons. The number of hydrogen-bond acceptors (Lipinski definition) is 6. The van der Waals surface area contributed by atoms with Crippen molar-refractivity contribution in [2.24, 2.45) is 4.15 Å². The van der Waals surface area contributed by atoms with Crippen LogP contribution in [0.15, 0.2) is 4.15 Å². The zero-order valence-electron chi connectivity index (χ0n) is 23.0. The molecule has 0 bridgehead atoms. The van der Waals surface area contributed by atoms with E-state index in [9.17, 15) is 8.42 Å². The summed E-state index contributed by atoms with van der Waals surface area (Å²) in [6.07, 6.45) is 11.7. The molecule has 0 spiro atoms. The summed E-state index contributed by atoms with van der Waals surface area (Å²) in [6.45, 7) is 20.2. The van der Waals surface area contributed by atoms with Crippen molar-refractivity contribution in [1.29, 1.82) is 0 Å². The Morgan fingerprint density at radius 1 is 0.606 bits per heavy atom. The lowest BCUT2D eigenvalue weighted by atomic mass is 10.1. The molecule has 0 fully saturated rings. The minimum atomic E-state index is -4.20. The van der Waals surface area contributed by atoms with Crippen molar-refractivity contribution < 1.29 is 25.2 Å². The molecule has 0 aromatic carbocycles. The fourth-order valence-corrected chi connectivity index (χ4v) is 15.6. The molecule has 0 atom stereocenters. The van der Waals surface area contributed by atoms with Crippen molar-refractivity contribution in [3.63, 3.8) is 0 Å². The van der Waals surface area contributed by atoms with Gasteiger partial charge in [0.1, 0.15) is 0 Å². The Labute approximate surface area is 208 Å². The van der Waals surface area contributed by atoms with E-state index in [0.717, 1.165) is 12.8 Å². The summed E-state index contributed by atoms with van der Waals surface area (Å²) in [4.78, 5) is 0. The fourth-order valence-electron chi connectivity index (χ4n) is 3.04. The summed E-state index contributed by atoms with van der Waals surface area (Å²) >= 11 is 0. The molecule has 0 radical (unpaired) electrons. The van der Waals surface area contributed by atoms with E-state index in [1.54, 1.807) is 0 Å². The van der Waals surface area contributed by atoms with Crippen molar-refractivity contribution in [3.05, 3.63) is 0 Å². The Morgan fingerprint density at radius 2 is 0.939 bits per heavy atom. The quantitative estimate of drug-likeness (QED) is 0.0891. The van der Waals surface area contributed by atoms with Crippen LogP contribution in [-0.4, -0.2) is 40.0 Å². The number of nitrogens with zero attached hydrogens (tertiary/aromatic N) is 1. The topological polar surface area (TPSA) is 83.4 Å². The van der Waals surface area contributed by atoms with Gasteiger partial charge in [-0.2, -0.15) is 8.42 Å². The maximum atomic E-state index is 12.8. The molecule has 33 heavy (non-hydrogen) atoms. The van der Waals surface area contributed by atoms with Crippen LogP contribution in [0, 0.1) is 0 Å². The summed E-state index contributed by atoms with van der Waals surface area (Å²) in [7, 11) is -14.4. The first-order valence-corrected chi connectivity index (χ1v) is 25.6. The highest BCUT2D eigenvalue weighted by Gasteiger charge is 2.41. The number of rotatable bonds is 19. The van der Waals surface area contributed by atoms with Crippen LogP contribution in [-0.2, 0) is 27.1 Å². The molecule has 7 nitrogen and oxygen atoms in total. The molecule has 0 rings (SSSR count). The summed E-state index contributed by atoms with van der Waals surface area (Å²) < 4.78 is 53.7. The largest absolute Gasteiger partial charge is 0.385 e. The van der Waals surface area contributed by atoms with Gasteiger partial charge in [0, 0.05) is 0 Å². The normalized spacial score (nSPS) is 14.0. The number of hydrogen-bond donors (Lipinski definition) is 0. The lowest BCUT2D eigenvalue weighted by molar-refractivity contribution is 0.305. The van der Waals surface area contributed by atoms with E-state index in [1.807, 2.05) is 58.9 Å². The molecular formula is C21H52NO6PSSi3. The number of unbranched alkanes of at least 4 members (excludes halogenated alkanes) is 9. The van der Waals surface area contributed by atoms with Gasteiger partial charge >= 0.3 is 18.0 Å². The van der Waals surface area contributed by atoms with E-state index >= 15 is 0 Å². The van der Waals surface area contributed by atoms with Crippen LogP contribution < -0.4 is 0 Å². The van der Waals surface area contributed by atoms with Crippen molar-refractivity contribution >= 4 is 43.0 Å². The van der Waals surface area contributed by atoms with E-state index < -0.39 is 43.0 Å². The Balaban J connectivity index is 5.07. The third-order valence-corrected chi connectivity index (χ3v) is 15.5. The highest BCUT2D eigenvalue weighted by atomic mass is 32.2. The third-order valence-electron chi connectivity index (χ3n) is 4.10. The van der Waals surface area contributed by atoms with Gasteiger partial charge in [-0.3, -0.25) is 4.18 Å². The van der Waals surface area contributed by atoms with Gasteiger partial charge in [-0.05, 0) is 65.3 Å². The summed E-state index contributed by atoms with van der Waals surface area (Å²) in [6, 6.07) is 0. The fraction of sp³-hybridized carbons (Fsp3) is 1.00. The van der Waals surface area contributed by atoms with Crippen LogP contribution in [0.4, 0.5) is 0 Å². The average Bonchev–Trinajstić information content (AvgIpc) is 2.53. The second kappa shape index (κ2) is 15.0. The third kappa shape index (κ3) is 20.6. The summed E-state index contributed by atoms with van der Waals surface area (Å²) in [5, 5.41) is 0. The minimum absolute atomic E-state index is 0.120. The first-order valence-electron chi connectivity index (χ1n) is 12.5. The maximum absolute atomic E-state index is 12.8. The molecule has 0 heterocycles. The Kier molecular flexibility index (Phi) is 15.4. The molecule has 0 unspecified atom stereocenters. The van der Waals surface area contributed by atoms with E-state index in [0.29, 0.717) is 6.42 Å². The first-order chi connectivity index (χ1) is 14.9. The van der Waals surface area contributed by atoms with Crippen molar-refractivity contribution in [2.45, 2.75) is 130 Å². The van der Waals surface area contributed by atoms with E-state index in [-0.39, 0.29) is 6.61 Å². The van der Waals surface area contributed by atoms with Crippen LogP contribution >= 0.6 is 7.74 Å². The highest BCUT2D eigenvalue weighted by molar-refractivity contribution is 7.89. The molecule has 0 saturated carbocycles. The molecule has 0 aromatic heterocycles. The monoisotopic (exact) mass is 561 g/mol. The second-order valence-electron chi connectivity index (χ2n) is 11.6. The molecule has 0 aliphatic rings. The molecule has 0 amide bonds. The molecule has 0 saturated heterocycles. The smallest absolute Gasteiger partial charge is 0.346 e. The minimum Gasteiger partial charge on any atom is -0.346 e. The van der Waals surface area contributed by atoms with Gasteiger partial charge in [0.15, 0.2) is 25.0 Å². The zero-order chi connectivity index (χ0) is 25.8. The van der Waals surface area contributed by atoms with Crippen molar-refractivity contribution in [1.82, 2.24) is 0 Å². The standard InChI is InChI=1S/C21H52NO6PSSi3/c1-11-12-13-14-15-16-17-18-19-20-21-25-30(23,24)22-29(26-31(2,3)4,27-32(5,6)7)28-33(8,9)10/h11-21H2,1-10H3. The van der Waals surface area contributed by atoms with E-state index in [4.69, 9.17) is 16.8 Å². The van der Waals surface area contributed by atoms with Gasteiger partial charge in [-0.15, -0.1) is 0 Å². The van der Waals surface area contributed by atoms with Crippen LogP contribution in [0.2, 0.25) is 58.9 Å². The van der Waals surface area contributed by atoms with Gasteiger partial charge < -0.3 is 12.6 Å². The Bertz CT molecular complexity index is 653. The molecule has 0 N–H and O–H groups in total. The van der Waals surface area contributed by atoms with Gasteiger partial charge in [0.05, 0.1) is 6.61 Å². The van der Waals surface area contributed by atoms with Crippen LogP contribution in [0.5, 0.6) is 0 Å². The SMILES string of the molecule is CCCCCCCCCCCCOS(=O)(=O)N=P(O[Si](C)(C)C)(O[Si](C)(C)C)O[Si](C)(C)C. The molecule has 0 aromatic rings. The van der Waals surface area contributed by atoms with Gasteiger partial charge in [0.2, 0.25) is 0 Å². The van der Waals surface area contributed by atoms with E-state index in [1.165, 1.54) is 44.9 Å². The van der Waals surface area contributed by atoms with E-state index in [2.05, 4.69) is 11.1 Å². The Morgan fingerprint density at radius 3 is 1.27 bits per heavy atom. The average molecular weight is 562 g/mol. The van der Waals surface area contributed by atoms with Gasteiger partial charge in [-0.1, -0.05) is 68.9 Å². The Hall–Kier alpha value is 0.671. The maximum Gasteiger partial charge on any atom is 0.385 e. The molecule has 0 aliphatic carbocycles. The van der Waals surface area contributed by atoms with Crippen LogP contribution in [0.25, 0.3) is 0 Å². The molecule has 12 heteroatoms. The predicted octanol–water partition coefficient (Wildman–Crippen LogP) is 8.67. The molecule has 0 aliphatic heterocycles. The van der Waals surface area contributed by atoms with Gasteiger partial charge in [-0.25, -0.2) is 0 Å². The second-order valence-corrected chi connectivity index (χ2v) is 29.1.